The number of amides is 3. The van der Waals surface area contributed by atoms with Crippen LogP contribution in [-0.4, -0.2) is 42.2 Å². The molecule has 3 amide bonds. The number of benzene rings is 4. The third-order valence-electron chi connectivity index (χ3n) is 7.20. The monoisotopic (exact) mass is 678 g/mol. The van der Waals surface area contributed by atoms with Gasteiger partial charge in [0.15, 0.2) is 16.6 Å². The summed E-state index contributed by atoms with van der Waals surface area (Å²) in [6.07, 6.45) is 1.66. The van der Waals surface area contributed by atoms with Gasteiger partial charge in [0.2, 0.25) is 5.91 Å². The third kappa shape index (κ3) is 8.69. The molecule has 0 fully saturated rings. The van der Waals surface area contributed by atoms with Crippen LogP contribution in [0.2, 0.25) is 0 Å². The lowest BCUT2D eigenvalue weighted by molar-refractivity contribution is -0.115. The third-order valence-corrected chi connectivity index (χ3v) is 9.06. The number of rotatable bonds is 12. The van der Waals surface area contributed by atoms with Crippen LogP contribution in [0.1, 0.15) is 28.4 Å². The highest BCUT2D eigenvalue weighted by molar-refractivity contribution is 8.00. The molecule has 244 valence electrons. The van der Waals surface area contributed by atoms with E-state index in [1.54, 1.807) is 69.7 Å². The summed E-state index contributed by atoms with van der Waals surface area (Å²) >= 11 is 2.67. The van der Waals surface area contributed by atoms with E-state index in [0.717, 1.165) is 21.6 Å². The molecule has 0 aliphatic heterocycles. The molecule has 48 heavy (non-hydrogen) atoms. The largest absolute Gasteiger partial charge is 0.493 e. The van der Waals surface area contributed by atoms with Crippen molar-refractivity contribution in [2.75, 3.05) is 24.9 Å². The second kappa shape index (κ2) is 15.9. The minimum Gasteiger partial charge on any atom is -0.493 e. The van der Waals surface area contributed by atoms with Gasteiger partial charge in [0, 0.05) is 27.1 Å². The van der Waals surface area contributed by atoms with Crippen LogP contribution in [0.15, 0.2) is 113 Å². The molecule has 0 saturated heterocycles. The van der Waals surface area contributed by atoms with Gasteiger partial charge < -0.3 is 25.4 Å². The van der Waals surface area contributed by atoms with Gasteiger partial charge >= 0.3 is 0 Å². The standard InChI is InChI=1S/C37H34N4O5S2/c1-23-11-8-9-14-26(23)19-30(39-35(43)25-12-6-5-7-13-25)36(44)38-28-15-10-16-29(21-28)48-24(2)34(42)41-37-40-31(22-47-37)27-17-18-32(45-3)33(20-27)46-4/h5-22,24H,1-4H3,(H,38,44)(H,39,43)(H,40,41,42)/b30-19-. The number of thioether (sulfide) groups is 1. The first-order chi connectivity index (χ1) is 23.2. The normalized spacial score (nSPS) is 11.7. The Morgan fingerprint density at radius 3 is 2.35 bits per heavy atom. The van der Waals surface area contributed by atoms with Crippen LogP contribution in [0.25, 0.3) is 17.3 Å². The lowest BCUT2D eigenvalue weighted by atomic mass is 10.1. The molecule has 4 aromatic carbocycles. The average molecular weight is 679 g/mol. The predicted octanol–water partition coefficient (Wildman–Crippen LogP) is 7.66. The van der Waals surface area contributed by atoms with Crippen molar-refractivity contribution in [1.29, 1.82) is 0 Å². The summed E-state index contributed by atoms with van der Waals surface area (Å²) in [5.74, 6) is 0.117. The van der Waals surface area contributed by atoms with Gasteiger partial charge in [-0.3, -0.25) is 14.4 Å². The second-order valence-corrected chi connectivity index (χ2v) is 12.8. The van der Waals surface area contributed by atoms with Crippen LogP contribution < -0.4 is 25.4 Å². The van der Waals surface area contributed by atoms with Gasteiger partial charge in [0.25, 0.3) is 11.8 Å². The highest BCUT2D eigenvalue weighted by Gasteiger charge is 2.19. The Morgan fingerprint density at radius 2 is 1.60 bits per heavy atom. The Morgan fingerprint density at radius 1 is 0.854 bits per heavy atom. The molecule has 5 aromatic rings. The first-order valence-electron chi connectivity index (χ1n) is 14.9. The number of ether oxygens (including phenoxy) is 2. The fourth-order valence-electron chi connectivity index (χ4n) is 4.62. The number of anilines is 2. The second-order valence-electron chi connectivity index (χ2n) is 10.6. The maximum absolute atomic E-state index is 13.5. The number of aryl methyl sites for hydroxylation is 1. The molecule has 11 heteroatoms. The van der Waals surface area contributed by atoms with Crippen molar-refractivity contribution < 1.29 is 23.9 Å². The number of aromatic nitrogens is 1. The summed E-state index contributed by atoms with van der Waals surface area (Å²) in [6, 6.07) is 29.0. The summed E-state index contributed by atoms with van der Waals surface area (Å²) in [6.45, 7) is 3.74. The number of nitrogens with zero attached hydrogens (tertiary/aromatic N) is 1. The van der Waals surface area contributed by atoms with E-state index < -0.39 is 17.1 Å². The van der Waals surface area contributed by atoms with E-state index in [1.165, 1.54) is 23.1 Å². The molecule has 0 saturated carbocycles. The molecular formula is C37H34N4O5S2. The molecule has 0 spiro atoms. The number of hydrogen-bond acceptors (Lipinski definition) is 8. The minimum atomic E-state index is -0.482. The lowest BCUT2D eigenvalue weighted by Crippen LogP contribution is -2.30. The minimum absolute atomic E-state index is 0.0971. The fourth-order valence-corrected chi connectivity index (χ4v) is 6.27. The lowest BCUT2D eigenvalue weighted by Gasteiger charge is -2.14. The van der Waals surface area contributed by atoms with Crippen molar-refractivity contribution in [3.8, 4) is 22.8 Å². The molecule has 0 bridgehead atoms. The van der Waals surface area contributed by atoms with Gasteiger partial charge in [0.1, 0.15) is 5.70 Å². The van der Waals surface area contributed by atoms with Gasteiger partial charge in [-0.2, -0.15) is 0 Å². The molecule has 0 aliphatic carbocycles. The van der Waals surface area contributed by atoms with E-state index in [9.17, 15) is 14.4 Å². The average Bonchev–Trinajstić information content (AvgIpc) is 3.57. The van der Waals surface area contributed by atoms with Crippen molar-refractivity contribution in [2.24, 2.45) is 0 Å². The number of carbonyl (C=O) groups is 3. The van der Waals surface area contributed by atoms with E-state index in [2.05, 4.69) is 20.9 Å². The summed E-state index contributed by atoms with van der Waals surface area (Å²) in [7, 11) is 3.15. The Bertz CT molecular complexity index is 1960. The molecule has 0 radical (unpaired) electrons. The SMILES string of the molecule is COc1ccc(-c2csc(NC(=O)C(C)Sc3cccc(NC(=O)/C(=C/c4ccccc4C)NC(=O)c4ccccc4)c3)n2)cc1OC. The van der Waals surface area contributed by atoms with Crippen molar-refractivity contribution in [2.45, 2.75) is 24.0 Å². The van der Waals surface area contributed by atoms with E-state index >= 15 is 0 Å². The van der Waals surface area contributed by atoms with Crippen LogP contribution in [-0.2, 0) is 9.59 Å². The van der Waals surface area contributed by atoms with E-state index in [4.69, 9.17) is 9.47 Å². The van der Waals surface area contributed by atoms with Gasteiger partial charge in [-0.15, -0.1) is 23.1 Å². The van der Waals surface area contributed by atoms with E-state index in [1.807, 2.05) is 66.9 Å². The predicted molar refractivity (Wildman–Crippen MR) is 193 cm³/mol. The van der Waals surface area contributed by atoms with Gasteiger partial charge in [-0.1, -0.05) is 48.5 Å². The van der Waals surface area contributed by atoms with Crippen LogP contribution >= 0.6 is 23.1 Å². The van der Waals surface area contributed by atoms with Crippen molar-refractivity contribution in [1.82, 2.24) is 10.3 Å². The quantitative estimate of drug-likeness (QED) is 0.0916. The Kier molecular flexibility index (Phi) is 11.3. The maximum atomic E-state index is 13.5. The topological polar surface area (TPSA) is 119 Å². The Hall–Kier alpha value is -5.39. The Labute approximate surface area is 287 Å². The molecular weight excluding hydrogens is 645 g/mol. The molecule has 1 unspecified atom stereocenters. The van der Waals surface area contributed by atoms with Gasteiger partial charge in [-0.05, 0) is 79.6 Å². The van der Waals surface area contributed by atoms with Crippen LogP contribution in [0, 0.1) is 6.92 Å². The first kappa shape index (κ1) is 34.0. The summed E-state index contributed by atoms with van der Waals surface area (Å²) < 4.78 is 10.7. The number of methoxy groups -OCH3 is 2. The number of hydrogen-bond donors (Lipinski definition) is 3. The fraction of sp³-hybridized carbons (Fsp3) is 0.135. The number of nitrogens with one attached hydrogen (secondary N) is 3. The summed E-state index contributed by atoms with van der Waals surface area (Å²) in [4.78, 5) is 45.0. The highest BCUT2D eigenvalue weighted by Crippen LogP contribution is 2.34. The van der Waals surface area contributed by atoms with Gasteiger partial charge in [0.05, 0.1) is 25.2 Å². The molecule has 5 rings (SSSR count). The highest BCUT2D eigenvalue weighted by atomic mass is 32.2. The van der Waals surface area contributed by atoms with E-state index in [0.29, 0.717) is 33.6 Å². The Balaban J connectivity index is 1.25. The van der Waals surface area contributed by atoms with E-state index in [-0.39, 0.29) is 11.6 Å². The first-order valence-corrected chi connectivity index (χ1v) is 16.7. The van der Waals surface area contributed by atoms with Crippen LogP contribution in [0.4, 0.5) is 10.8 Å². The van der Waals surface area contributed by atoms with Crippen molar-refractivity contribution in [3.63, 3.8) is 0 Å². The molecule has 9 nitrogen and oxygen atoms in total. The molecule has 0 aliphatic rings. The molecule has 1 heterocycles. The molecule has 1 atom stereocenters. The van der Waals surface area contributed by atoms with Crippen LogP contribution in [0.3, 0.4) is 0 Å². The van der Waals surface area contributed by atoms with Crippen molar-refractivity contribution in [3.05, 3.63) is 125 Å². The smallest absolute Gasteiger partial charge is 0.272 e. The zero-order chi connectivity index (χ0) is 34.0. The summed E-state index contributed by atoms with van der Waals surface area (Å²) in [5.41, 5.74) is 4.34. The maximum Gasteiger partial charge on any atom is 0.272 e. The van der Waals surface area contributed by atoms with Gasteiger partial charge in [-0.25, -0.2) is 4.98 Å². The molecule has 1 aromatic heterocycles. The van der Waals surface area contributed by atoms with Crippen molar-refractivity contribution >= 4 is 57.7 Å². The zero-order valence-corrected chi connectivity index (χ0v) is 28.4. The zero-order valence-electron chi connectivity index (χ0n) is 26.8. The summed E-state index contributed by atoms with van der Waals surface area (Å²) in [5, 5.41) is 10.4. The molecule has 3 N–H and O–H groups in total. The van der Waals surface area contributed by atoms with Crippen LogP contribution in [0.5, 0.6) is 11.5 Å². The number of carbonyl (C=O) groups excluding carboxylic acids is 3. The number of thiazole rings is 1.